The second-order valence-electron chi connectivity index (χ2n) is 6.72. The van der Waals surface area contributed by atoms with Crippen LogP contribution in [0.15, 0.2) is 18.2 Å². The van der Waals surface area contributed by atoms with Gasteiger partial charge in [0.25, 0.3) is 5.91 Å². The van der Waals surface area contributed by atoms with Crippen molar-refractivity contribution in [3.8, 4) is 0 Å². The third-order valence-electron chi connectivity index (χ3n) is 4.16. The molecule has 110 valence electrons. The lowest BCUT2D eigenvalue weighted by Crippen LogP contribution is -2.39. The molecule has 0 spiro atoms. The number of amides is 1. The van der Waals surface area contributed by atoms with E-state index in [0.717, 1.165) is 18.4 Å². The van der Waals surface area contributed by atoms with Crippen molar-refractivity contribution in [3.63, 3.8) is 0 Å². The van der Waals surface area contributed by atoms with Gasteiger partial charge in [-0.1, -0.05) is 19.9 Å². The Labute approximate surface area is 122 Å². The SMILES string of the molecule is CN(CC(C)(C)CN)C(=O)c1ccc2c(c1)CCCC2. The molecule has 3 heteroatoms. The number of hydrogen-bond acceptors (Lipinski definition) is 2. The van der Waals surface area contributed by atoms with Gasteiger partial charge in [-0.25, -0.2) is 0 Å². The van der Waals surface area contributed by atoms with Gasteiger partial charge in [-0.05, 0) is 60.9 Å². The van der Waals surface area contributed by atoms with Gasteiger partial charge in [0.05, 0.1) is 0 Å². The minimum atomic E-state index is -0.0430. The second kappa shape index (κ2) is 5.96. The van der Waals surface area contributed by atoms with E-state index in [9.17, 15) is 4.79 Å². The summed E-state index contributed by atoms with van der Waals surface area (Å²) in [6.45, 7) is 5.43. The zero-order valence-electron chi connectivity index (χ0n) is 12.9. The van der Waals surface area contributed by atoms with Gasteiger partial charge in [0, 0.05) is 19.2 Å². The highest BCUT2D eigenvalue weighted by Crippen LogP contribution is 2.23. The number of benzene rings is 1. The Hall–Kier alpha value is -1.35. The lowest BCUT2D eigenvalue weighted by atomic mass is 9.90. The van der Waals surface area contributed by atoms with E-state index < -0.39 is 0 Å². The predicted octanol–water partition coefficient (Wildman–Crippen LogP) is 2.62. The number of rotatable bonds is 4. The number of nitrogens with two attached hydrogens (primary N) is 1. The van der Waals surface area contributed by atoms with Crippen LogP contribution in [0.3, 0.4) is 0 Å². The molecule has 0 heterocycles. The summed E-state index contributed by atoms with van der Waals surface area (Å²) in [6.07, 6.45) is 4.76. The molecular weight excluding hydrogens is 248 g/mol. The molecule has 0 saturated carbocycles. The molecule has 1 aromatic carbocycles. The molecule has 0 aliphatic heterocycles. The van der Waals surface area contributed by atoms with Crippen LogP contribution in [0.25, 0.3) is 0 Å². The Kier molecular flexibility index (Phi) is 4.48. The summed E-state index contributed by atoms with van der Waals surface area (Å²) in [5.74, 6) is 0.0971. The van der Waals surface area contributed by atoms with Crippen molar-refractivity contribution in [2.45, 2.75) is 39.5 Å². The van der Waals surface area contributed by atoms with Crippen molar-refractivity contribution < 1.29 is 4.79 Å². The van der Waals surface area contributed by atoms with Crippen molar-refractivity contribution in [1.29, 1.82) is 0 Å². The van der Waals surface area contributed by atoms with Crippen LogP contribution >= 0.6 is 0 Å². The van der Waals surface area contributed by atoms with Crippen LogP contribution in [0.4, 0.5) is 0 Å². The first-order valence-corrected chi connectivity index (χ1v) is 7.50. The molecule has 0 radical (unpaired) electrons. The van der Waals surface area contributed by atoms with Crippen molar-refractivity contribution in [3.05, 3.63) is 34.9 Å². The smallest absolute Gasteiger partial charge is 0.253 e. The quantitative estimate of drug-likeness (QED) is 0.917. The molecule has 0 aromatic heterocycles. The lowest BCUT2D eigenvalue weighted by Gasteiger charge is -2.29. The van der Waals surface area contributed by atoms with Crippen LogP contribution in [0.2, 0.25) is 0 Å². The third-order valence-corrected chi connectivity index (χ3v) is 4.16. The first-order valence-electron chi connectivity index (χ1n) is 7.50. The average molecular weight is 274 g/mol. The topological polar surface area (TPSA) is 46.3 Å². The zero-order valence-corrected chi connectivity index (χ0v) is 12.9. The standard InChI is InChI=1S/C17H26N2O/c1-17(2,11-18)12-19(3)16(20)15-9-8-13-6-4-5-7-14(13)10-15/h8-10H,4-7,11-12,18H2,1-3H3. The Bertz CT molecular complexity index is 494. The largest absolute Gasteiger partial charge is 0.341 e. The second-order valence-corrected chi connectivity index (χ2v) is 6.72. The fourth-order valence-electron chi connectivity index (χ4n) is 2.87. The van der Waals surface area contributed by atoms with Gasteiger partial charge in [-0.15, -0.1) is 0 Å². The van der Waals surface area contributed by atoms with Crippen LogP contribution in [-0.2, 0) is 12.8 Å². The number of fused-ring (bicyclic) bond motifs is 1. The van der Waals surface area contributed by atoms with Gasteiger partial charge in [0.2, 0.25) is 0 Å². The molecule has 1 amide bonds. The van der Waals surface area contributed by atoms with E-state index in [1.165, 1.54) is 24.0 Å². The van der Waals surface area contributed by atoms with E-state index in [1.807, 2.05) is 13.1 Å². The summed E-state index contributed by atoms with van der Waals surface area (Å²) in [6, 6.07) is 6.19. The first kappa shape index (κ1) is 15.0. The van der Waals surface area contributed by atoms with Gasteiger partial charge < -0.3 is 10.6 Å². The highest BCUT2D eigenvalue weighted by Gasteiger charge is 2.22. The Morgan fingerprint density at radius 1 is 1.25 bits per heavy atom. The Morgan fingerprint density at radius 3 is 2.55 bits per heavy atom. The Balaban J connectivity index is 2.12. The summed E-state index contributed by atoms with van der Waals surface area (Å²) in [5.41, 5.74) is 9.28. The maximum atomic E-state index is 12.5. The van der Waals surface area contributed by atoms with E-state index >= 15 is 0 Å². The normalized spacial score (nSPS) is 14.8. The van der Waals surface area contributed by atoms with Crippen molar-refractivity contribution in [2.24, 2.45) is 11.1 Å². The Morgan fingerprint density at radius 2 is 1.90 bits per heavy atom. The molecule has 2 rings (SSSR count). The summed E-state index contributed by atoms with van der Waals surface area (Å²) in [5, 5.41) is 0. The van der Waals surface area contributed by atoms with E-state index in [4.69, 9.17) is 5.73 Å². The fraction of sp³-hybridized carbons (Fsp3) is 0.588. The molecule has 0 saturated heterocycles. The first-order chi connectivity index (χ1) is 9.43. The summed E-state index contributed by atoms with van der Waals surface area (Å²) < 4.78 is 0. The van der Waals surface area contributed by atoms with Gasteiger partial charge >= 0.3 is 0 Å². The molecule has 20 heavy (non-hydrogen) atoms. The summed E-state index contributed by atoms with van der Waals surface area (Å²) in [7, 11) is 1.86. The van der Waals surface area contributed by atoms with Gasteiger partial charge in [0.1, 0.15) is 0 Å². The number of nitrogens with zero attached hydrogens (tertiary/aromatic N) is 1. The van der Waals surface area contributed by atoms with Crippen molar-refractivity contribution >= 4 is 5.91 Å². The molecular formula is C17H26N2O. The van der Waals surface area contributed by atoms with E-state index in [0.29, 0.717) is 13.1 Å². The summed E-state index contributed by atoms with van der Waals surface area (Å²) in [4.78, 5) is 14.3. The monoisotopic (exact) mass is 274 g/mol. The van der Waals surface area contributed by atoms with E-state index in [2.05, 4.69) is 26.0 Å². The molecule has 0 bridgehead atoms. The molecule has 0 unspecified atom stereocenters. The maximum absolute atomic E-state index is 12.5. The predicted molar refractivity (Wildman–Crippen MR) is 82.9 cm³/mol. The van der Waals surface area contributed by atoms with Crippen molar-refractivity contribution in [2.75, 3.05) is 20.1 Å². The molecule has 1 aliphatic rings. The molecule has 2 N–H and O–H groups in total. The highest BCUT2D eigenvalue weighted by molar-refractivity contribution is 5.94. The van der Waals surface area contributed by atoms with Gasteiger partial charge in [-0.2, -0.15) is 0 Å². The minimum Gasteiger partial charge on any atom is -0.341 e. The van der Waals surface area contributed by atoms with Crippen LogP contribution in [0.1, 0.15) is 48.2 Å². The minimum absolute atomic E-state index is 0.0430. The maximum Gasteiger partial charge on any atom is 0.253 e. The average Bonchev–Trinajstić information content (AvgIpc) is 2.45. The molecule has 3 nitrogen and oxygen atoms in total. The molecule has 1 aromatic rings. The molecule has 0 atom stereocenters. The van der Waals surface area contributed by atoms with E-state index in [-0.39, 0.29) is 11.3 Å². The van der Waals surface area contributed by atoms with Crippen LogP contribution in [0, 0.1) is 5.41 Å². The number of carbonyl (C=O) groups excluding carboxylic acids is 1. The molecule has 0 fully saturated rings. The fourth-order valence-corrected chi connectivity index (χ4v) is 2.87. The van der Waals surface area contributed by atoms with Gasteiger partial charge in [0.15, 0.2) is 0 Å². The van der Waals surface area contributed by atoms with Gasteiger partial charge in [-0.3, -0.25) is 4.79 Å². The number of hydrogen-bond donors (Lipinski definition) is 1. The molecule has 1 aliphatic carbocycles. The third kappa shape index (κ3) is 3.40. The van der Waals surface area contributed by atoms with Crippen LogP contribution < -0.4 is 5.73 Å². The van der Waals surface area contributed by atoms with E-state index in [1.54, 1.807) is 4.90 Å². The number of carbonyl (C=O) groups is 1. The van der Waals surface area contributed by atoms with Crippen molar-refractivity contribution in [1.82, 2.24) is 4.90 Å². The highest BCUT2D eigenvalue weighted by atomic mass is 16.2. The van der Waals surface area contributed by atoms with Crippen LogP contribution in [0.5, 0.6) is 0 Å². The summed E-state index contributed by atoms with van der Waals surface area (Å²) >= 11 is 0. The zero-order chi connectivity index (χ0) is 14.8. The number of aryl methyl sites for hydroxylation is 2. The van der Waals surface area contributed by atoms with Crippen LogP contribution in [-0.4, -0.2) is 30.9 Å². The lowest BCUT2D eigenvalue weighted by molar-refractivity contribution is 0.0740.